The molecule has 2 aromatic carbocycles. The van der Waals surface area contributed by atoms with Gasteiger partial charge >= 0.3 is 0 Å². The minimum Gasteiger partial charge on any atom is -0.493 e. The number of hydrogen-bond donors (Lipinski definition) is 3. The number of anilines is 1. The van der Waals surface area contributed by atoms with E-state index >= 15 is 0 Å². The minimum atomic E-state index is -0.378. The average molecular weight is 478 g/mol. The molecule has 2 rings (SSSR count). The molecule has 1 unspecified atom stereocenters. The number of benzene rings is 2. The second-order valence-electron chi connectivity index (χ2n) is 6.34. The molecule has 6 nitrogen and oxygen atoms in total. The Bertz CT molecular complexity index is 887. The average Bonchev–Trinajstić information content (AvgIpc) is 2.69. The van der Waals surface area contributed by atoms with Crippen LogP contribution in [-0.4, -0.2) is 29.6 Å². The zero-order valence-electron chi connectivity index (χ0n) is 16.5. The Balaban J connectivity index is 2.00. The molecule has 3 N–H and O–H groups in total. The van der Waals surface area contributed by atoms with Crippen LogP contribution in [0, 0.1) is 0 Å². The maximum absolute atomic E-state index is 12.6. The Morgan fingerprint density at radius 1 is 1.10 bits per heavy atom. The van der Waals surface area contributed by atoms with E-state index in [2.05, 4.69) is 31.9 Å². The topological polar surface area (TPSA) is 79.5 Å². The van der Waals surface area contributed by atoms with E-state index in [4.69, 9.17) is 17.0 Å². The zero-order chi connectivity index (χ0) is 21.4. The summed E-state index contributed by atoms with van der Waals surface area (Å²) in [7, 11) is 0. The van der Waals surface area contributed by atoms with Crippen LogP contribution >= 0.6 is 28.1 Å². The monoisotopic (exact) mass is 477 g/mol. The van der Waals surface area contributed by atoms with Crippen LogP contribution in [0.2, 0.25) is 0 Å². The first kappa shape index (κ1) is 22.8. The van der Waals surface area contributed by atoms with Crippen LogP contribution in [0.15, 0.2) is 46.9 Å². The molecule has 0 aromatic heterocycles. The third-order valence-electron chi connectivity index (χ3n) is 4.11. The number of ether oxygens (including phenoxy) is 1. The largest absolute Gasteiger partial charge is 0.493 e. The van der Waals surface area contributed by atoms with Crippen molar-refractivity contribution < 1.29 is 14.3 Å². The van der Waals surface area contributed by atoms with Crippen molar-refractivity contribution in [2.75, 3.05) is 11.9 Å². The van der Waals surface area contributed by atoms with Gasteiger partial charge in [-0.15, -0.1) is 0 Å². The molecule has 0 fully saturated rings. The van der Waals surface area contributed by atoms with Crippen LogP contribution in [0.25, 0.3) is 0 Å². The summed E-state index contributed by atoms with van der Waals surface area (Å²) in [5.41, 5.74) is 1.60. The van der Waals surface area contributed by atoms with Crippen molar-refractivity contribution in [3.8, 4) is 5.75 Å². The summed E-state index contributed by atoms with van der Waals surface area (Å²) in [5, 5.41) is 8.65. The van der Waals surface area contributed by atoms with E-state index in [-0.39, 0.29) is 23.0 Å². The van der Waals surface area contributed by atoms with Crippen molar-refractivity contribution in [2.24, 2.45) is 0 Å². The molecule has 0 bridgehead atoms. The van der Waals surface area contributed by atoms with Crippen molar-refractivity contribution in [3.05, 3.63) is 58.1 Å². The molecule has 0 saturated carbocycles. The molecule has 0 aliphatic rings. The molecule has 0 spiro atoms. The number of nitrogens with one attached hydrogen (secondary N) is 3. The third-order valence-corrected chi connectivity index (χ3v) is 4.81. The minimum absolute atomic E-state index is 0.114. The fourth-order valence-electron chi connectivity index (χ4n) is 2.41. The van der Waals surface area contributed by atoms with E-state index in [0.717, 1.165) is 10.9 Å². The first-order valence-electron chi connectivity index (χ1n) is 9.29. The van der Waals surface area contributed by atoms with Crippen LogP contribution in [0.3, 0.4) is 0 Å². The molecule has 2 aromatic rings. The van der Waals surface area contributed by atoms with Crippen molar-refractivity contribution in [1.82, 2.24) is 10.6 Å². The van der Waals surface area contributed by atoms with Crippen molar-refractivity contribution >= 4 is 50.8 Å². The summed E-state index contributed by atoms with van der Waals surface area (Å²) in [6, 6.07) is 12.2. The smallest absolute Gasteiger partial charge is 0.261 e. The van der Waals surface area contributed by atoms with E-state index in [0.29, 0.717) is 29.2 Å². The van der Waals surface area contributed by atoms with Crippen molar-refractivity contribution in [2.45, 2.75) is 33.2 Å². The molecular weight excluding hydrogens is 454 g/mol. The highest BCUT2D eigenvalue weighted by Gasteiger charge is 2.15. The quantitative estimate of drug-likeness (QED) is 0.511. The number of hydrogen-bond acceptors (Lipinski definition) is 4. The summed E-state index contributed by atoms with van der Waals surface area (Å²) >= 11 is 8.59. The number of amides is 2. The van der Waals surface area contributed by atoms with Gasteiger partial charge in [-0.3, -0.25) is 14.9 Å². The van der Waals surface area contributed by atoms with Gasteiger partial charge in [0.25, 0.3) is 11.8 Å². The highest BCUT2D eigenvalue weighted by atomic mass is 79.9. The van der Waals surface area contributed by atoms with E-state index in [1.807, 2.05) is 20.8 Å². The van der Waals surface area contributed by atoms with Gasteiger partial charge in [0.1, 0.15) is 5.75 Å². The summed E-state index contributed by atoms with van der Waals surface area (Å²) in [6.07, 6.45) is 0.863. The lowest BCUT2D eigenvalue weighted by Crippen LogP contribution is -2.34. The number of thiocarbonyl (C=S) groups is 1. The van der Waals surface area contributed by atoms with E-state index in [1.54, 1.807) is 42.5 Å². The highest BCUT2D eigenvalue weighted by molar-refractivity contribution is 9.10. The van der Waals surface area contributed by atoms with E-state index in [9.17, 15) is 9.59 Å². The fourth-order valence-corrected chi connectivity index (χ4v) is 2.98. The lowest BCUT2D eigenvalue weighted by molar-refractivity contribution is 0.0937. The molecule has 0 aliphatic carbocycles. The lowest BCUT2D eigenvalue weighted by Gasteiger charge is -2.14. The predicted octanol–water partition coefficient (Wildman–Crippen LogP) is 4.50. The van der Waals surface area contributed by atoms with E-state index < -0.39 is 0 Å². The third kappa shape index (κ3) is 6.83. The SMILES string of the molecule is CCOc1ccc(Br)cc1C(=O)NC(=S)Nc1ccc(C(=O)NC(C)CC)cc1. The number of rotatable bonds is 7. The Morgan fingerprint density at radius 3 is 2.41 bits per heavy atom. The van der Waals surface area contributed by atoms with Crippen LogP contribution in [0.5, 0.6) is 5.75 Å². The van der Waals surface area contributed by atoms with Gasteiger partial charge in [0.15, 0.2) is 5.11 Å². The maximum atomic E-state index is 12.6. The standard InChI is InChI=1S/C21H24BrN3O3S/c1-4-13(3)23-19(26)14-6-9-16(10-7-14)24-21(29)25-20(27)17-12-15(22)8-11-18(17)28-5-2/h6-13H,4-5H2,1-3H3,(H,23,26)(H2,24,25,27,29). The molecule has 8 heteroatoms. The molecule has 2 amide bonds. The molecule has 154 valence electrons. The van der Waals surface area contributed by atoms with Crippen LogP contribution in [0.4, 0.5) is 5.69 Å². The molecule has 0 heterocycles. The first-order valence-corrected chi connectivity index (χ1v) is 10.5. The summed E-state index contributed by atoms with van der Waals surface area (Å²) in [6.45, 7) is 6.26. The van der Waals surface area contributed by atoms with Crippen molar-refractivity contribution in [3.63, 3.8) is 0 Å². The van der Waals surface area contributed by atoms with Gasteiger partial charge in [0.05, 0.1) is 12.2 Å². The highest BCUT2D eigenvalue weighted by Crippen LogP contribution is 2.23. The first-order chi connectivity index (χ1) is 13.8. The maximum Gasteiger partial charge on any atom is 0.261 e. The molecule has 1 atom stereocenters. The molecule has 29 heavy (non-hydrogen) atoms. The second-order valence-corrected chi connectivity index (χ2v) is 7.67. The van der Waals surface area contributed by atoms with Gasteiger partial charge in [-0.2, -0.15) is 0 Å². The molecular formula is C21H24BrN3O3S. The summed E-state index contributed by atoms with van der Waals surface area (Å²) in [4.78, 5) is 24.7. The Labute approximate surface area is 184 Å². The fraction of sp³-hybridized carbons (Fsp3) is 0.286. The second kappa shape index (κ2) is 10.9. The Morgan fingerprint density at radius 2 is 1.79 bits per heavy atom. The molecule has 0 aliphatic heterocycles. The van der Waals surface area contributed by atoms with Crippen LogP contribution in [-0.2, 0) is 0 Å². The Hall–Kier alpha value is -2.45. The summed E-state index contributed by atoms with van der Waals surface area (Å²) in [5.74, 6) is -0.0237. The Kier molecular flexibility index (Phi) is 8.60. The normalized spacial score (nSPS) is 11.3. The van der Waals surface area contributed by atoms with Gasteiger partial charge in [0.2, 0.25) is 0 Å². The number of carbonyl (C=O) groups excluding carboxylic acids is 2. The number of halogens is 1. The van der Waals surface area contributed by atoms with Gasteiger partial charge < -0.3 is 15.4 Å². The van der Waals surface area contributed by atoms with Gasteiger partial charge in [-0.25, -0.2) is 0 Å². The predicted molar refractivity (Wildman–Crippen MR) is 123 cm³/mol. The van der Waals surface area contributed by atoms with Crippen LogP contribution in [0.1, 0.15) is 47.9 Å². The van der Waals surface area contributed by atoms with Gasteiger partial charge in [-0.1, -0.05) is 22.9 Å². The zero-order valence-corrected chi connectivity index (χ0v) is 18.9. The van der Waals surface area contributed by atoms with Crippen LogP contribution < -0.4 is 20.7 Å². The van der Waals surface area contributed by atoms with Gasteiger partial charge in [0, 0.05) is 21.8 Å². The molecule has 0 radical (unpaired) electrons. The number of carbonyl (C=O) groups is 2. The van der Waals surface area contributed by atoms with Gasteiger partial charge in [-0.05, 0) is 75.0 Å². The lowest BCUT2D eigenvalue weighted by atomic mass is 10.1. The van der Waals surface area contributed by atoms with Crippen molar-refractivity contribution in [1.29, 1.82) is 0 Å². The molecule has 0 saturated heterocycles. The summed E-state index contributed by atoms with van der Waals surface area (Å²) < 4.78 is 6.26. The van der Waals surface area contributed by atoms with E-state index in [1.165, 1.54) is 0 Å².